The third-order valence-corrected chi connectivity index (χ3v) is 1.28. The molecule has 0 saturated heterocycles. The zero-order valence-corrected chi connectivity index (χ0v) is 3.98. The van der Waals surface area contributed by atoms with Crippen LogP contribution >= 0.6 is 0 Å². The molecule has 1 aliphatic rings. The second-order valence-corrected chi connectivity index (χ2v) is 2.21. The molecule has 1 fully saturated rings. The van der Waals surface area contributed by atoms with Crippen LogP contribution in [0.1, 0.15) is 12.8 Å². The molecule has 18 valence electrons. The van der Waals surface area contributed by atoms with Gasteiger partial charge >= 0.3 is 36.6 Å². The van der Waals surface area contributed by atoms with Crippen molar-refractivity contribution < 1.29 is 20.0 Å². The van der Waals surface area contributed by atoms with Crippen molar-refractivity contribution in [3.05, 3.63) is 0 Å². The molecule has 0 atom stereocenters. The molecule has 0 unspecified atom stereocenters. The Kier molecular flexibility index (Phi) is 0.538. The van der Waals surface area contributed by atoms with E-state index in [1.54, 1.807) is 3.81 Å². The van der Waals surface area contributed by atoms with Crippen LogP contribution in [-0.4, -0.2) is 3.81 Å². The molecule has 0 radical (unpaired) electrons. The van der Waals surface area contributed by atoms with Crippen molar-refractivity contribution in [3.63, 3.8) is 0 Å². The van der Waals surface area contributed by atoms with Gasteiger partial charge in [0.15, 0.2) is 0 Å². The molecule has 0 spiro atoms. The zero-order chi connectivity index (χ0) is 2.99. The summed E-state index contributed by atoms with van der Waals surface area (Å²) in [5.74, 6) is 0. The molecule has 0 aromatic carbocycles. The Hall–Kier alpha value is 0.584. The van der Waals surface area contributed by atoms with E-state index < -0.39 is 0 Å². The van der Waals surface area contributed by atoms with Crippen molar-refractivity contribution in [1.82, 2.24) is 0 Å². The maximum atomic E-state index is 2.19. The summed E-state index contributed by atoms with van der Waals surface area (Å²) in [4.78, 5) is 0. The fourth-order valence-corrected chi connectivity index (χ4v) is 0.258. The van der Waals surface area contributed by atoms with Crippen molar-refractivity contribution in [2.75, 3.05) is 0 Å². The van der Waals surface area contributed by atoms with E-state index in [-0.39, 0.29) is 0 Å². The molecular formula is C3H4Ti+2. The number of rotatable bonds is 0. The minimum absolute atomic E-state index is 1.40. The zero-order valence-electron chi connectivity index (χ0n) is 2.41. The predicted octanol–water partition coefficient (Wildman–Crippen LogP) is 0.499. The van der Waals surface area contributed by atoms with E-state index in [1.165, 1.54) is 12.8 Å². The Balaban J connectivity index is 2.60. The van der Waals surface area contributed by atoms with Gasteiger partial charge in [0.25, 0.3) is 0 Å². The van der Waals surface area contributed by atoms with Gasteiger partial charge < -0.3 is 0 Å². The third-order valence-electron chi connectivity index (χ3n) is 0.500. The van der Waals surface area contributed by atoms with E-state index in [1.807, 2.05) is 0 Å². The van der Waals surface area contributed by atoms with Gasteiger partial charge in [-0.15, -0.1) is 0 Å². The van der Waals surface area contributed by atoms with Crippen LogP contribution in [0.5, 0.6) is 0 Å². The van der Waals surface area contributed by atoms with Gasteiger partial charge in [-0.2, -0.15) is 0 Å². The fraction of sp³-hybridized carbons (Fsp3) is 0.667. The SMILES string of the molecule is [Ti+2]=[C]1CC1. The van der Waals surface area contributed by atoms with E-state index in [2.05, 4.69) is 20.0 Å². The summed E-state index contributed by atoms with van der Waals surface area (Å²) < 4.78 is 1.67. The Bertz CT molecular complexity index is 41.2. The van der Waals surface area contributed by atoms with E-state index in [9.17, 15) is 0 Å². The van der Waals surface area contributed by atoms with Gasteiger partial charge in [0.2, 0.25) is 0 Å². The number of hydrogen-bond donors (Lipinski definition) is 0. The molecule has 1 aliphatic carbocycles. The van der Waals surface area contributed by atoms with Crippen LogP contribution in [0, 0.1) is 0 Å². The molecule has 4 heavy (non-hydrogen) atoms. The van der Waals surface area contributed by atoms with Gasteiger partial charge in [0.1, 0.15) is 0 Å². The first-order valence-corrected chi connectivity index (χ1v) is 2.24. The summed E-state index contributed by atoms with van der Waals surface area (Å²) in [6.07, 6.45) is 2.81. The van der Waals surface area contributed by atoms with Gasteiger partial charge in [-0.25, -0.2) is 0 Å². The average molecular weight is 87.9 g/mol. The maximum absolute atomic E-state index is 2.19. The predicted molar refractivity (Wildman–Crippen MR) is 14.2 cm³/mol. The molecule has 0 N–H and O–H groups in total. The first-order chi connectivity index (χ1) is 1.89. The van der Waals surface area contributed by atoms with Crippen LogP contribution in [0.15, 0.2) is 0 Å². The van der Waals surface area contributed by atoms with Gasteiger partial charge in [0, 0.05) is 0 Å². The van der Waals surface area contributed by atoms with Crippen LogP contribution < -0.4 is 0 Å². The van der Waals surface area contributed by atoms with Crippen LogP contribution in [-0.2, 0) is 20.0 Å². The molecular weight excluding hydrogens is 83.9 g/mol. The molecule has 0 amide bonds. The Morgan fingerprint density at radius 3 is 1.75 bits per heavy atom. The molecule has 0 aliphatic heterocycles. The van der Waals surface area contributed by atoms with E-state index >= 15 is 0 Å². The van der Waals surface area contributed by atoms with E-state index in [0.29, 0.717) is 0 Å². The Labute approximate surface area is 37.1 Å². The van der Waals surface area contributed by atoms with Crippen molar-refractivity contribution in [2.24, 2.45) is 0 Å². The number of hydrogen-bond acceptors (Lipinski definition) is 0. The van der Waals surface area contributed by atoms with Crippen LogP contribution in [0.3, 0.4) is 0 Å². The summed E-state index contributed by atoms with van der Waals surface area (Å²) in [6, 6.07) is 0. The van der Waals surface area contributed by atoms with Gasteiger partial charge in [-0.1, -0.05) is 0 Å². The van der Waals surface area contributed by atoms with E-state index in [4.69, 9.17) is 0 Å². The average Bonchev–Trinajstić information content (AvgIpc) is 1.75. The van der Waals surface area contributed by atoms with Crippen molar-refractivity contribution in [2.45, 2.75) is 12.8 Å². The molecule has 1 saturated carbocycles. The van der Waals surface area contributed by atoms with Crippen molar-refractivity contribution >= 4 is 3.81 Å². The normalized spacial score (nSPS) is 22.0. The first-order valence-electron chi connectivity index (χ1n) is 1.46. The standard InChI is InChI=1S/C3H4.Ti/c1-2-3-1;/h1-2H2;/q;+2. The van der Waals surface area contributed by atoms with Gasteiger partial charge in [0.05, 0.1) is 0 Å². The molecule has 1 heteroatoms. The fourth-order valence-electron chi connectivity index (χ4n) is 0.0625. The van der Waals surface area contributed by atoms with Gasteiger partial charge in [-0.05, 0) is 0 Å². The van der Waals surface area contributed by atoms with Crippen molar-refractivity contribution in [1.29, 1.82) is 0 Å². The molecule has 0 aromatic heterocycles. The second-order valence-electron chi connectivity index (χ2n) is 1.10. The monoisotopic (exact) mass is 88.0 g/mol. The quantitative estimate of drug-likeness (QED) is 0.378. The van der Waals surface area contributed by atoms with Crippen LogP contribution in [0.4, 0.5) is 0 Å². The first kappa shape index (κ1) is 2.80. The molecule has 0 heterocycles. The molecule has 0 aromatic rings. The molecule has 0 bridgehead atoms. The molecule has 0 nitrogen and oxygen atoms in total. The summed E-state index contributed by atoms with van der Waals surface area (Å²) in [6.45, 7) is 0. The Morgan fingerprint density at radius 1 is 1.50 bits per heavy atom. The summed E-state index contributed by atoms with van der Waals surface area (Å²) >= 11 is 2.19. The summed E-state index contributed by atoms with van der Waals surface area (Å²) in [7, 11) is 0. The summed E-state index contributed by atoms with van der Waals surface area (Å²) in [5, 5.41) is 0. The minimum atomic E-state index is 1.40. The van der Waals surface area contributed by atoms with E-state index in [0.717, 1.165) is 0 Å². The third kappa shape index (κ3) is 0.505. The second kappa shape index (κ2) is 0.768. The Morgan fingerprint density at radius 2 is 1.75 bits per heavy atom. The van der Waals surface area contributed by atoms with Gasteiger partial charge in [-0.3, -0.25) is 0 Å². The molecule has 1 rings (SSSR count). The topological polar surface area (TPSA) is 0 Å². The van der Waals surface area contributed by atoms with Crippen LogP contribution in [0.2, 0.25) is 0 Å². The van der Waals surface area contributed by atoms with Crippen molar-refractivity contribution in [3.8, 4) is 0 Å². The van der Waals surface area contributed by atoms with Crippen LogP contribution in [0.25, 0.3) is 0 Å². The summed E-state index contributed by atoms with van der Waals surface area (Å²) in [5.41, 5.74) is 0.